The molecule has 0 aliphatic rings. The number of aliphatic hydroxyl groups is 1. The van der Waals surface area contributed by atoms with E-state index in [2.05, 4.69) is 104 Å². The Labute approximate surface area is 304 Å². The van der Waals surface area contributed by atoms with Crippen molar-refractivity contribution in [3.8, 4) is 0 Å². The van der Waals surface area contributed by atoms with Crippen LogP contribution in [0.2, 0.25) is 0 Å². The second-order valence-corrected chi connectivity index (χ2v) is 13.5. The number of carbonyl (C=O) groups is 1. The molecule has 0 aromatic heterocycles. The maximum Gasteiger partial charge on any atom is 0.472 e. The second-order valence-electron chi connectivity index (χ2n) is 12.0. The number of rotatable bonds is 33. The Morgan fingerprint density at radius 3 is 1.74 bits per heavy atom. The third-order valence-corrected chi connectivity index (χ3v) is 8.38. The van der Waals surface area contributed by atoms with Crippen molar-refractivity contribution < 1.29 is 28.4 Å². The van der Waals surface area contributed by atoms with Gasteiger partial charge in [-0.25, -0.2) is 4.57 Å². The van der Waals surface area contributed by atoms with Gasteiger partial charge in [0, 0.05) is 13.0 Å². The lowest BCUT2D eigenvalue weighted by Gasteiger charge is -2.23. The highest BCUT2D eigenvalue weighted by molar-refractivity contribution is 7.47. The van der Waals surface area contributed by atoms with E-state index in [1.54, 1.807) is 6.08 Å². The fraction of sp³-hybridized carbons (Fsp3) is 0.585. The monoisotopic (exact) mass is 716 g/mol. The summed E-state index contributed by atoms with van der Waals surface area (Å²) in [6.07, 6.45) is 48.9. The Bertz CT molecular complexity index is 1090. The number of carbonyl (C=O) groups excluding carboxylic acids is 1. The number of amides is 1. The fourth-order valence-electron chi connectivity index (χ4n) is 4.56. The van der Waals surface area contributed by atoms with E-state index in [1.807, 2.05) is 6.08 Å². The molecule has 8 nitrogen and oxygen atoms in total. The van der Waals surface area contributed by atoms with Gasteiger partial charge in [0.2, 0.25) is 5.91 Å². The zero-order valence-electron chi connectivity index (χ0n) is 31.1. The molecule has 284 valence electrons. The molecular weight excluding hydrogens is 647 g/mol. The topological polar surface area (TPSA) is 131 Å². The lowest BCUT2D eigenvalue weighted by Crippen LogP contribution is -2.45. The number of phosphoric ester groups is 1. The Morgan fingerprint density at radius 2 is 1.18 bits per heavy atom. The first kappa shape index (κ1) is 47.4. The summed E-state index contributed by atoms with van der Waals surface area (Å²) in [7, 11) is -4.36. The highest BCUT2D eigenvalue weighted by Crippen LogP contribution is 2.43. The van der Waals surface area contributed by atoms with E-state index in [1.165, 1.54) is 25.7 Å². The predicted molar refractivity (Wildman–Crippen MR) is 212 cm³/mol. The summed E-state index contributed by atoms with van der Waals surface area (Å²) in [5.41, 5.74) is 5.34. The molecule has 0 saturated heterocycles. The molecule has 3 unspecified atom stereocenters. The normalized spacial score (nSPS) is 15.4. The zero-order chi connectivity index (χ0) is 36.8. The quantitative estimate of drug-likeness (QED) is 0.0302. The third kappa shape index (κ3) is 33.9. The predicted octanol–water partition coefficient (Wildman–Crippen LogP) is 10.0. The molecule has 0 bridgehead atoms. The van der Waals surface area contributed by atoms with Crippen LogP contribution in [-0.4, -0.2) is 47.8 Å². The third-order valence-electron chi connectivity index (χ3n) is 7.39. The van der Waals surface area contributed by atoms with Gasteiger partial charge in [-0.3, -0.25) is 13.8 Å². The SMILES string of the molecule is CC/C=C\C/C=C\C/C=C\C/C=C\C/C=C\C/C=C\CCCCC(=O)NC(COP(=O)(O)OCCN)C(O)/C=C/CC/C=C/CCCCCC. The number of nitrogens with one attached hydrogen (secondary N) is 1. The summed E-state index contributed by atoms with van der Waals surface area (Å²) in [4.78, 5) is 22.5. The minimum Gasteiger partial charge on any atom is -0.387 e. The molecule has 0 rings (SSSR count). The van der Waals surface area contributed by atoms with Crippen LogP contribution in [0, 0.1) is 0 Å². The maximum absolute atomic E-state index is 12.7. The molecule has 3 atom stereocenters. The van der Waals surface area contributed by atoms with Crippen molar-refractivity contribution in [1.82, 2.24) is 5.32 Å². The van der Waals surface area contributed by atoms with E-state index in [4.69, 9.17) is 14.8 Å². The molecule has 0 radical (unpaired) electrons. The van der Waals surface area contributed by atoms with Gasteiger partial charge in [0.1, 0.15) is 0 Å². The van der Waals surface area contributed by atoms with Crippen LogP contribution >= 0.6 is 7.82 Å². The molecule has 0 aromatic carbocycles. The van der Waals surface area contributed by atoms with Gasteiger partial charge in [0.25, 0.3) is 0 Å². The highest BCUT2D eigenvalue weighted by atomic mass is 31.2. The largest absolute Gasteiger partial charge is 0.472 e. The molecular formula is C41H69N2O6P. The Kier molecular flexibility index (Phi) is 34.4. The van der Waals surface area contributed by atoms with Crippen LogP contribution in [0.1, 0.15) is 123 Å². The number of allylic oxidation sites excluding steroid dienone is 15. The molecule has 0 spiro atoms. The van der Waals surface area contributed by atoms with Crippen molar-refractivity contribution >= 4 is 13.7 Å². The summed E-state index contributed by atoms with van der Waals surface area (Å²) in [5.74, 6) is -0.254. The van der Waals surface area contributed by atoms with Crippen LogP contribution in [0.3, 0.4) is 0 Å². The zero-order valence-corrected chi connectivity index (χ0v) is 32.0. The molecule has 50 heavy (non-hydrogen) atoms. The van der Waals surface area contributed by atoms with Crippen LogP contribution in [0.4, 0.5) is 0 Å². The number of phosphoric acid groups is 1. The van der Waals surface area contributed by atoms with Gasteiger partial charge in [-0.05, 0) is 83.5 Å². The van der Waals surface area contributed by atoms with Crippen molar-refractivity contribution in [3.05, 3.63) is 97.2 Å². The summed E-state index contributed by atoms with van der Waals surface area (Å²) in [6.45, 7) is 3.88. The number of aliphatic hydroxyl groups excluding tert-OH is 1. The molecule has 0 aliphatic heterocycles. The van der Waals surface area contributed by atoms with Gasteiger partial charge in [-0.2, -0.15) is 0 Å². The van der Waals surface area contributed by atoms with Crippen LogP contribution in [0.5, 0.6) is 0 Å². The van der Waals surface area contributed by atoms with Crippen LogP contribution in [0.25, 0.3) is 0 Å². The molecule has 1 amide bonds. The lowest BCUT2D eigenvalue weighted by molar-refractivity contribution is -0.123. The van der Waals surface area contributed by atoms with Gasteiger partial charge >= 0.3 is 7.82 Å². The average Bonchev–Trinajstić information content (AvgIpc) is 3.10. The van der Waals surface area contributed by atoms with Crippen molar-refractivity contribution in [2.45, 2.75) is 135 Å². The van der Waals surface area contributed by atoms with Crippen LogP contribution < -0.4 is 11.1 Å². The first-order chi connectivity index (χ1) is 24.4. The smallest absolute Gasteiger partial charge is 0.387 e. The van der Waals surface area contributed by atoms with E-state index in [0.717, 1.165) is 70.6 Å². The Morgan fingerprint density at radius 1 is 0.680 bits per heavy atom. The number of nitrogens with two attached hydrogens (primary N) is 1. The van der Waals surface area contributed by atoms with Crippen molar-refractivity contribution in [2.24, 2.45) is 5.73 Å². The van der Waals surface area contributed by atoms with E-state index < -0.39 is 20.0 Å². The second kappa shape index (κ2) is 36.2. The fourth-order valence-corrected chi connectivity index (χ4v) is 5.32. The van der Waals surface area contributed by atoms with Gasteiger partial charge < -0.3 is 21.1 Å². The molecule has 5 N–H and O–H groups in total. The number of hydrogen-bond donors (Lipinski definition) is 4. The summed E-state index contributed by atoms with van der Waals surface area (Å²) < 4.78 is 22.0. The maximum atomic E-state index is 12.7. The van der Waals surface area contributed by atoms with Crippen molar-refractivity contribution in [1.29, 1.82) is 0 Å². The highest BCUT2D eigenvalue weighted by Gasteiger charge is 2.26. The molecule has 0 aliphatic carbocycles. The Balaban J connectivity index is 4.41. The van der Waals surface area contributed by atoms with E-state index >= 15 is 0 Å². The van der Waals surface area contributed by atoms with Crippen LogP contribution in [-0.2, 0) is 18.4 Å². The molecule has 0 fully saturated rings. The minimum atomic E-state index is -4.36. The van der Waals surface area contributed by atoms with Gasteiger partial charge in [0.05, 0.1) is 25.4 Å². The molecule has 9 heteroatoms. The Hall–Kier alpha value is -2.58. The van der Waals surface area contributed by atoms with Crippen molar-refractivity contribution in [2.75, 3.05) is 19.8 Å². The van der Waals surface area contributed by atoms with Crippen molar-refractivity contribution in [3.63, 3.8) is 0 Å². The van der Waals surface area contributed by atoms with Gasteiger partial charge in [-0.15, -0.1) is 0 Å². The van der Waals surface area contributed by atoms with E-state index in [9.17, 15) is 19.4 Å². The number of hydrogen-bond acceptors (Lipinski definition) is 6. The number of unbranched alkanes of at least 4 members (excludes halogenated alkanes) is 7. The van der Waals surface area contributed by atoms with E-state index in [0.29, 0.717) is 6.42 Å². The van der Waals surface area contributed by atoms with Gasteiger partial charge in [-0.1, -0.05) is 130 Å². The summed E-state index contributed by atoms with van der Waals surface area (Å²) in [6, 6.07) is -0.904. The van der Waals surface area contributed by atoms with E-state index in [-0.39, 0.29) is 32.1 Å². The van der Waals surface area contributed by atoms with Crippen LogP contribution in [0.15, 0.2) is 97.2 Å². The standard InChI is InChI=1S/C41H69N2O6P/c1-3-5-7-9-11-13-15-16-17-18-19-20-21-22-23-24-25-27-29-31-33-35-41(45)43-39(38-49-50(46,47)48-37-36-42)40(44)34-32-30-28-26-14-12-10-8-6-4-2/h5,7,11,13-14,16-17,19-20,22-23,25-27,32,34,39-40,44H,3-4,6,8-10,12,15,18,21,24,28-31,33,35-38,42H2,1-2H3,(H,43,45)(H,46,47)/b7-5-,13-11-,17-16-,20-19-,23-22-,26-14+,27-25-,34-32+. The summed E-state index contributed by atoms with van der Waals surface area (Å²) in [5, 5.41) is 13.5. The lowest BCUT2D eigenvalue weighted by atomic mass is 10.1. The molecule has 0 heterocycles. The first-order valence-corrected chi connectivity index (χ1v) is 20.4. The minimum absolute atomic E-state index is 0.0607. The molecule has 0 saturated carbocycles. The summed E-state index contributed by atoms with van der Waals surface area (Å²) >= 11 is 0. The molecule has 0 aromatic rings. The average molecular weight is 717 g/mol. The van der Waals surface area contributed by atoms with Gasteiger partial charge in [0.15, 0.2) is 0 Å². The first-order valence-electron chi connectivity index (χ1n) is 18.9.